The Balaban J connectivity index is 2.60. The minimum Gasteiger partial charge on any atom is -0.355 e. The summed E-state index contributed by atoms with van der Waals surface area (Å²) in [5.41, 5.74) is -0.573. The predicted octanol–water partition coefficient (Wildman–Crippen LogP) is 0.958. The first-order valence-electron chi connectivity index (χ1n) is 6.90. The van der Waals surface area contributed by atoms with E-state index in [1.807, 2.05) is 0 Å². The Morgan fingerprint density at radius 2 is 1.91 bits per heavy atom. The largest absolute Gasteiger partial charge is 0.355 e. The number of nitrogens with one attached hydrogen (secondary N) is 3. The molecular weight excluding hydrogens is 326 g/mol. The average Bonchev–Trinajstić information content (AvgIpc) is 2.40. The molecule has 0 atom stereocenters. The maximum Gasteiger partial charge on any atom is 0.209 e. The maximum absolute atomic E-state index is 13.5. The molecule has 3 N–H and O–H groups in total. The standard InChI is InChI=1S/C14H22F2N4O2S/c1-14(2,20-23(4,21)22)9-19-13(17-3)18-8-10-7-11(15)5-6-12(10)16/h5-7,20H,8-9H2,1-4H3,(H2,17,18,19). The molecule has 9 heteroatoms. The van der Waals surface area contributed by atoms with Crippen molar-refractivity contribution in [3.05, 3.63) is 35.4 Å². The van der Waals surface area contributed by atoms with Gasteiger partial charge in [0.1, 0.15) is 11.6 Å². The third kappa shape index (κ3) is 7.38. The Hall–Kier alpha value is -1.74. The molecule has 0 unspecified atom stereocenters. The van der Waals surface area contributed by atoms with Gasteiger partial charge in [-0.15, -0.1) is 0 Å². The Kier molecular flexibility index (Phi) is 6.46. The van der Waals surface area contributed by atoms with Gasteiger partial charge in [-0.05, 0) is 32.0 Å². The van der Waals surface area contributed by atoms with Crippen LogP contribution in [0, 0.1) is 11.6 Å². The lowest BCUT2D eigenvalue weighted by Gasteiger charge is -2.26. The SMILES string of the molecule is CN=C(NCc1cc(F)ccc1F)NCC(C)(C)NS(C)(=O)=O. The molecule has 130 valence electrons. The Morgan fingerprint density at radius 1 is 1.26 bits per heavy atom. The molecule has 0 saturated heterocycles. The second-order valence-corrected chi connectivity index (χ2v) is 7.52. The number of hydrogen-bond acceptors (Lipinski definition) is 3. The molecule has 0 heterocycles. The van der Waals surface area contributed by atoms with Crippen LogP contribution in [0.4, 0.5) is 8.78 Å². The van der Waals surface area contributed by atoms with Crippen LogP contribution in [0.15, 0.2) is 23.2 Å². The van der Waals surface area contributed by atoms with Crippen molar-refractivity contribution < 1.29 is 17.2 Å². The van der Waals surface area contributed by atoms with Crippen LogP contribution >= 0.6 is 0 Å². The van der Waals surface area contributed by atoms with Gasteiger partial charge >= 0.3 is 0 Å². The molecule has 0 amide bonds. The summed E-state index contributed by atoms with van der Waals surface area (Å²) in [6, 6.07) is 3.21. The van der Waals surface area contributed by atoms with Gasteiger partial charge in [-0.3, -0.25) is 4.99 Å². The lowest BCUT2D eigenvalue weighted by molar-refractivity contribution is 0.446. The van der Waals surface area contributed by atoms with Gasteiger partial charge in [-0.2, -0.15) is 0 Å². The molecule has 0 aliphatic carbocycles. The van der Waals surface area contributed by atoms with Crippen LogP contribution in [0.2, 0.25) is 0 Å². The first-order valence-corrected chi connectivity index (χ1v) is 8.79. The summed E-state index contributed by atoms with van der Waals surface area (Å²) in [7, 11) is -1.82. The molecule has 1 aromatic rings. The minimum atomic E-state index is -3.34. The van der Waals surface area contributed by atoms with E-state index in [1.165, 1.54) is 7.05 Å². The summed E-state index contributed by atoms with van der Waals surface area (Å²) in [5.74, 6) is -0.699. The van der Waals surface area contributed by atoms with Gasteiger partial charge in [-0.1, -0.05) is 0 Å². The van der Waals surface area contributed by atoms with Crippen LogP contribution in [0.25, 0.3) is 0 Å². The molecule has 0 aliphatic heterocycles. The van der Waals surface area contributed by atoms with Gasteiger partial charge in [0.05, 0.1) is 6.26 Å². The highest BCUT2D eigenvalue weighted by atomic mass is 32.2. The number of rotatable bonds is 6. The molecule has 6 nitrogen and oxygen atoms in total. The number of sulfonamides is 1. The highest BCUT2D eigenvalue weighted by Gasteiger charge is 2.22. The highest BCUT2D eigenvalue weighted by molar-refractivity contribution is 7.88. The fourth-order valence-electron chi connectivity index (χ4n) is 1.92. The Bertz CT molecular complexity index is 675. The normalized spacial score (nSPS) is 13.0. The van der Waals surface area contributed by atoms with Crippen molar-refractivity contribution in [2.24, 2.45) is 4.99 Å². The number of hydrogen-bond donors (Lipinski definition) is 3. The van der Waals surface area contributed by atoms with Crippen molar-refractivity contribution in [2.75, 3.05) is 19.8 Å². The Labute approximate surface area is 135 Å². The van der Waals surface area contributed by atoms with Gasteiger partial charge in [0.25, 0.3) is 0 Å². The smallest absolute Gasteiger partial charge is 0.209 e. The molecule has 23 heavy (non-hydrogen) atoms. The predicted molar refractivity (Wildman–Crippen MR) is 86.6 cm³/mol. The van der Waals surface area contributed by atoms with Crippen molar-refractivity contribution in [3.8, 4) is 0 Å². The number of aliphatic imine (C=N–C) groups is 1. The van der Waals surface area contributed by atoms with Crippen molar-refractivity contribution in [2.45, 2.75) is 25.9 Å². The minimum absolute atomic E-state index is 0.0448. The highest BCUT2D eigenvalue weighted by Crippen LogP contribution is 2.09. The van der Waals surface area contributed by atoms with E-state index in [1.54, 1.807) is 13.8 Å². The molecular formula is C14H22F2N4O2S. The maximum atomic E-state index is 13.5. The number of guanidine groups is 1. The molecule has 1 aromatic carbocycles. The topological polar surface area (TPSA) is 82.6 Å². The molecule has 0 spiro atoms. The third-order valence-electron chi connectivity index (χ3n) is 2.84. The summed E-state index contributed by atoms with van der Waals surface area (Å²) >= 11 is 0. The van der Waals surface area contributed by atoms with Crippen molar-refractivity contribution in [3.63, 3.8) is 0 Å². The summed E-state index contributed by atoms with van der Waals surface area (Å²) in [6.07, 6.45) is 1.08. The van der Waals surface area contributed by atoms with E-state index >= 15 is 0 Å². The fourth-order valence-corrected chi connectivity index (χ4v) is 3.00. The second-order valence-electron chi connectivity index (χ2n) is 5.77. The molecule has 0 fully saturated rings. The van der Waals surface area contributed by atoms with Crippen molar-refractivity contribution in [1.29, 1.82) is 0 Å². The zero-order valence-corrected chi connectivity index (χ0v) is 14.4. The van der Waals surface area contributed by atoms with E-state index in [0.29, 0.717) is 5.96 Å². The van der Waals surface area contributed by atoms with Crippen molar-refractivity contribution in [1.82, 2.24) is 15.4 Å². The first-order chi connectivity index (χ1) is 10.5. The molecule has 1 rings (SSSR count). The van der Waals surface area contributed by atoms with Crippen LogP contribution in [0.5, 0.6) is 0 Å². The summed E-state index contributed by atoms with van der Waals surface area (Å²) in [5, 5.41) is 5.78. The number of benzene rings is 1. The van der Waals surface area contributed by atoms with Crippen LogP contribution in [-0.4, -0.2) is 39.8 Å². The molecule has 0 saturated carbocycles. The molecule has 0 aliphatic rings. The van der Waals surface area contributed by atoms with Gasteiger partial charge in [0.15, 0.2) is 5.96 Å². The van der Waals surface area contributed by atoms with E-state index in [0.717, 1.165) is 24.5 Å². The van der Waals surface area contributed by atoms with E-state index in [9.17, 15) is 17.2 Å². The Morgan fingerprint density at radius 3 is 2.48 bits per heavy atom. The molecule has 0 bridgehead atoms. The quantitative estimate of drug-likeness (QED) is 0.528. The van der Waals surface area contributed by atoms with Gasteiger partial charge in [0.2, 0.25) is 10.0 Å². The molecule has 0 aromatic heterocycles. The third-order valence-corrected chi connectivity index (χ3v) is 3.76. The van der Waals surface area contributed by atoms with Gasteiger partial charge in [-0.25, -0.2) is 21.9 Å². The fraction of sp³-hybridized carbons (Fsp3) is 0.500. The van der Waals surface area contributed by atoms with Gasteiger partial charge < -0.3 is 10.6 Å². The van der Waals surface area contributed by atoms with E-state index in [2.05, 4.69) is 20.3 Å². The zero-order chi connectivity index (χ0) is 17.7. The van der Waals surface area contributed by atoms with E-state index in [-0.39, 0.29) is 18.7 Å². The zero-order valence-electron chi connectivity index (χ0n) is 13.6. The van der Waals surface area contributed by atoms with Crippen molar-refractivity contribution >= 4 is 16.0 Å². The van der Waals surface area contributed by atoms with Crippen LogP contribution in [0.3, 0.4) is 0 Å². The molecule has 0 radical (unpaired) electrons. The van der Waals surface area contributed by atoms with Crippen LogP contribution < -0.4 is 15.4 Å². The van der Waals surface area contributed by atoms with Crippen LogP contribution in [-0.2, 0) is 16.6 Å². The summed E-state index contributed by atoms with van der Waals surface area (Å²) in [4.78, 5) is 3.96. The first kappa shape index (κ1) is 19.3. The number of halogens is 2. The lowest BCUT2D eigenvalue weighted by Crippen LogP contribution is -2.52. The summed E-state index contributed by atoms with van der Waals surface area (Å²) in [6.45, 7) is 3.72. The second kappa shape index (κ2) is 7.69. The average molecular weight is 348 g/mol. The monoisotopic (exact) mass is 348 g/mol. The van der Waals surface area contributed by atoms with E-state index in [4.69, 9.17) is 0 Å². The van der Waals surface area contributed by atoms with Crippen LogP contribution in [0.1, 0.15) is 19.4 Å². The van der Waals surface area contributed by atoms with Gasteiger partial charge in [0, 0.05) is 31.2 Å². The summed E-state index contributed by atoms with van der Waals surface area (Å²) < 4.78 is 51.7. The van der Waals surface area contributed by atoms with E-state index < -0.39 is 27.2 Å². The number of nitrogens with zero attached hydrogens (tertiary/aromatic N) is 1. The lowest BCUT2D eigenvalue weighted by atomic mass is 10.1.